The third-order valence-corrected chi connectivity index (χ3v) is 6.94. The van der Waals surface area contributed by atoms with E-state index in [0.29, 0.717) is 0 Å². The first kappa shape index (κ1) is 17.3. The lowest BCUT2D eigenvalue weighted by Gasteiger charge is -2.23. The molecule has 136 valence electrons. The summed E-state index contributed by atoms with van der Waals surface area (Å²) in [5, 5.41) is 0. The smallest absolute Gasteiger partial charge is 0.230 e. The van der Waals surface area contributed by atoms with E-state index < -0.39 is 0 Å². The standard InChI is InChI=1S/C24H31N2/c1-16-17(2)19(4)22(20(5)18(16)3)14-26-15-25(13-21-9-8-10-21)23-11-6-7-12-24(23)26/h6-7,11-12,15,21H,8-10,13-14H2,1-5H3/q+1. The number of benzene rings is 2. The summed E-state index contributed by atoms with van der Waals surface area (Å²) in [4.78, 5) is 0. The monoisotopic (exact) mass is 347 g/mol. The van der Waals surface area contributed by atoms with Gasteiger partial charge < -0.3 is 0 Å². The minimum absolute atomic E-state index is 0.867. The summed E-state index contributed by atoms with van der Waals surface area (Å²) in [5.41, 5.74) is 11.5. The fourth-order valence-corrected chi connectivity index (χ4v) is 4.45. The predicted molar refractivity (Wildman–Crippen MR) is 109 cm³/mol. The van der Waals surface area contributed by atoms with Crippen LogP contribution in [0.5, 0.6) is 0 Å². The molecular weight excluding hydrogens is 316 g/mol. The van der Waals surface area contributed by atoms with Crippen molar-refractivity contribution in [3.63, 3.8) is 0 Å². The van der Waals surface area contributed by atoms with E-state index in [-0.39, 0.29) is 0 Å². The van der Waals surface area contributed by atoms with Gasteiger partial charge in [0.05, 0.1) is 6.54 Å². The minimum atomic E-state index is 0.867. The fraction of sp³-hybridized carbons (Fsp3) is 0.458. The van der Waals surface area contributed by atoms with Gasteiger partial charge in [0.15, 0.2) is 11.0 Å². The Morgan fingerprint density at radius 3 is 2.12 bits per heavy atom. The number of imidazole rings is 1. The molecule has 0 aliphatic heterocycles. The maximum absolute atomic E-state index is 2.48. The van der Waals surface area contributed by atoms with E-state index in [9.17, 15) is 0 Å². The molecule has 2 heteroatoms. The van der Waals surface area contributed by atoms with E-state index in [1.54, 1.807) is 0 Å². The van der Waals surface area contributed by atoms with Crippen LogP contribution in [0.2, 0.25) is 0 Å². The molecule has 1 aliphatic carbocycles. The van der Waals surface area contributed by atoms with Crippen molar-refractivity contribution in [1.82, 2.24) is 4.57 Å². The molecule has 0 saturated heterocycles. The second-order valence-corrected chi connectivity index (χ2v) is 8.28. The van der Waals surface area contributed by atoms with Gasteiger partial charge in [-0.2, -0.15) is 0 Å². The summed E-state index contributed by atoms with van der Waals surface area (Å²) in [5.74, 6) is 0.867. The van der Waals surface area contributed by atoms with E-state index in [0.717, 1.165) is 19.0 Å². The summed E-state index contributed by atoms with van der Waals surface area (Å²) in [6.45, 7) is 13.5. The van der Waals surface area contributed by atoms with E-state index >= 15 is 0 Å². The third-order valence-electron chi connectivity index (χ3n) is 6.94. The Hall–Kier alpha value is -2.09. The lowest BCUT2D eigenvalue weighted by Crippen LogP contribution is -2.34. The third kappa shape index (κ3) is 2.76. The van der Waals surface area contributed by atoms with Crippen LogP contribution < -0.4 is 4.57 Å². The average molecular weight is 348 g/mol. The van der Waals surface area contributed by atoms with Crippen LogP contribution in [-0.4, -0.2) is 4.57 Å². The number of nitrogens with zero attached hydrogens (tertiary/aromatic N) is 2. The van der Waals surface area contributed by atoms with Crippen LogP contribution in [0, 0.1) is 40.5 Å². The van der Waals surface area contributed by atoms with Crippen molar-refractivity contribution >= 4 is 11.0 Å². The fourth-order valence-electron chi connectivity index (χ4n) is 4.45. The van der Waals surface area contributed by atoms with Crippen LogP contribution in [0.25, 0.3) is 11.0 Å². The zero-order chi connectivity index (χ0) is 18.4. The van der Waals surface area contributed by atoms with Crippen LogP contribution in [0.4, 0.5) is 0 Å². The Morgan fingerprint density at radius 1 is 0.885 bits per heavy atom. The highest BCUT2D eigenvalue weighted by Crippen LogP contribution is 2.29. The number of rotatable bonds is 4. The highest BCUT2D eigenvalue weighted by molar-refractivity contribution is 5.71. The summed E-state index contributed by atoms with van der Waals surface area (Å²) < 4.78 is 4.94. The first-order valence-electron chi connectivity index (χ1n) is 10.0. The van der Waals surface area contributed by atoms with Crippen molar-refractivity contribution in [1.29, 1.82) is 0 Å². The number of hydrogen-bond donors (Lipinski definition) is 0. The highest BCUT2D eigenvalue weighted by atomic mass is 15.1. The highest BCUT2D eigenvalue weighted by Gasteiger charge is 2.24. The van der Waals surface area contributed by atoms with Gasteiger partial charge in [-0.3, -0.25) is 0 Å². The molecule has 0 radical (unpaired) electrons. The lowest BCUT2D eigenvalue weighted by atomic mass is 9.85. The molecular formula is C24H31N2+. The zero-order valence-corrected chi connectivity index (χ0v) is 16.9. The summed E-state index contributed by atoms with van der Waals surface area (Å²) in [7, 11) is 0. The second-order valence-electron chi connectivity index (χ2n) is 8.28. The quantitative estimate of drug-likeness (QED) is 0.565. The van der Waals surface area contributed by atoms with Gasteiger partial charge in [-0.1, -0.05) is 18.6 Å². The number of para-hydroxylation sites is 2. The van der Waals surface area contributed by atoms with Crippen LogP contribution in [0.15, 0.2) is 30.6 Å². The molecule has 3 aromatic rings. The lowest BCUT2D eigenvalue weighted by molar-refractivity contribution is -0.663. The molecule has 0 spiro atoms. The number of aromatic nitrogens is 2. The Labute approximate surface area is 157 Å². The molecule has 2 aromatic carbocycles. The molecule has 0 unspecified atom stereocenters. The average Bonchev–Trinajstić information content (AvgIpc) is 2.96. The largest absolute Gasteiger partial charge is 0.245 e. The Bertz CT molecular complexity index is 945. The first-order valence-corrected chi connectivity index (χ1v) is 10.0. The summed E-state index contributed by atoms with van der Waals surface area (Å²) in [6, 6.07) is 8.87. The van der Waals surface area contributed by atoms with Crippen molar-refractivity contribution in [3.8, 4) is 0 Å². The van der Waals surface area contributed by atoms with E-state index in [2.05, 4.69) is 74.3 Å². The molecule has 4 rings (SSSR count). The van der Waals surface area contributed by atoms with E-state index in [4.69, 9.17) is 0 Å². The van der Waals surface area contributed by atoms with Crippen molar-refractivity contribution < 1.29 is 4.57 Å². The molecule has 2 nitrogen and oxygen atoms in total. The Balaban J connectivity index is 1.79. The van der Waals surface area contributed by atoms with Crippen LogP contribution in [0.1, 0.15) is 52.6 Å². The molecule has 1 aromatic heterocycles. The van der Waals surface area contributed by atoms with Gasteiger partial charge in [-0.05, 0) is 98.9 Å². The van der Waals surface area contributed by atoms with E-state index in [1.165, 1.54) is 63.7 Å². The van der Waals surface area contributed by atoms with Crippen molar-refractivity contribution in [2.24, 2.45) is 5.92 Å². The minimum Gasteiger partial charge on any atom is -0.230 e. The van der Waals surface area contributed by atoms with Crippen LogP contribution in [-0.2, 0) is 13.1 Å². The number of fused-ring (bicyclic) bond motifs is 1. The van der Waals surface area contributed by atoms with Gasteiger partial charge in [0.2, 0.25) is 6.33 Å². The van der Waals surface area contributed by atoms with Crippen molar-refractivity contribution in [3.05, 3.63) is 64.0 Å². The molecule has 1 heterocycles. The van der Waals surface area contributed by atoms with Gasteiger partial charge in [0.25, 0.3) is 0 Å². The number of hydrogen-bond acceptors (Lipinski definition) is 0. The summed E-state index contributed by atoms with van der Waals surface area (Å²) in [6.07, 6.45) is 6.54. The van der Waals surface area contributed by atoms with Crippen LogP contribution >= 0.6 is 0 Å². The molecule has 0 amide bonds. The first-order chi connectivity index (χ1) is 12.5. The molecule has 1 aliphatic rings. The van der Waals surface area contributed by atoms with Crippen molar-refractivity contribution in [2.45, 2.75) is 67.0 Å². The summed E-state index contributed by atoms with van der Waals surface area (Å²) >= 11 is 0. The Morgan fingerprint density at radius 2 is 1.50 bits per heavy atom. The SMILES string of the molecule is Cc1c(C)c(C)c(C[n+]2cn(CC3CCC3)c3ccccc32)c(C)c1C. The molecule has 1 fully saturated rings. The zero-order valence-electron chi connectivity index (χ0n) is 16.9. The molecule has 1 saturated carbocycles. The van der Waals surface area contributed by atoms with E-state index in [1.807, 2.05) is 0 Å². The molecule has 26 heavy (non-hydrogen) atoms. The maximum Gasteiger partial charge on any atom is 0.245 e. The van der Waals surface area contributed by atoms with Crippen molar-refractivity contribution in [2.75, 3.05) is 0 Å². The Kier molecular flexibility index (Phi) is 4.38. The van der Waals surface area contributed by atoms with Crippen LogP contribution in [0.3, 0.4) is 0 Å². The second kappa shape index (κ2) is 6.57. The van der Waals surface area contributed by atoms with Gasteiger partial charge >= 0.3 is 0 Å². The molecule has 0 bridgehead atoms. The normalized spacial score (nSPS) is 14.8. The molecule has 0 N–H and O–H groups in total. The maximum atomic E-state index is 2.48. The van der Waals surface area contributed by atoms with Gasteiger partial charge in [-0.15, -0.1) is 0 Å². The van der Waals surface area contributed by atoms with Gasteiger partial charge in [0.1, 0.15) is 6.54 Å². The van der Waals surface area contributed by atoms with Gasteiger partial charge in [-0.25, -0.2) is 9.13 Å². The molecule has 0 atom stereocenters. The topological polar surface area (TPSA) is 8.81 Å². The van der Waals surface area contributed by atoms with Gasteiger partial charge in [0, 0.05) is 0 Å². The predicted octanol–water partition coefficient (Wildman–Crippen LogP) is 5.32.